The molecule has 0 fully saturated rings. The van der Waals surface area contributed by atoms with Gasteiger partial charge in [0.25, 0.3) is 5.56 Å². The van der Waals surface area contributed by atoms with Gasteiger partial charge in [0.1, 0.15) is 0 Å². The maximum absolute atomic E-state index is 12.5. The van der Waals surface area contributed by atoms with Gasteiger partial charge in [-0.05, 0) is 18.6 Å². The number of hydrogen-bond acceptors (Lipinski definition) is 4. The highest BCUT2D eigenvalue weighted by molar-refractivity contribution is 5.81. The molecule has 0 amide bonds. The molecular formula is C19H22N3O3+. The molecule has 0 radical (unpaired) electrons. The molecule has 25 heavy (non-hydrogen) atoms. The van der Waals surface area contributed by atoms with Crippen LogP contribution in [-0.2, 0) is 13.0 Å². The van der Waals surface area contributed by atoms with Crippen molar-refractivity contribution in [1.29, 1.82) is 0 Å². The Morgan fingerprint density at radius 3 is 2.56 bits per heavy atom. The first-order valence-electron chi connectivity index (χ1n) is 8.19. The number of H-pyrrole nitrogens is 1. The Hall–Kier alpha value is -2.89. The number of benzene rings is 1. The van der Waals surface area contributed by atoms with E-state index in [1.165, 1.54) is 5.56 Å². The third-order valence-electron chi connectivity index (χ3n) is 4.30. The lowest BCUT2D eigenvalue weighted by Gasteiger charge is -2.09. The minimum atomic E-state index is -0.189. The Bertz CT molecular complexity index is 980. The Balaban J connectivity index is 2.08. The van der Waals surface area contributed by atoms with Crippen LogP contribution in [0.5, 0.6) is 11.5 Å². The van der Waals surface area contributed by atoms with Crippen LogP contribution in [0.25, 0.3) is 10.9 Å². The molecule has 2 heterocycles. The summed E-state index contributed by atoms with van der Waals surface area (Å²) in [7, 11) is 3.10. The van der Waals surface area contributed by atoms with Crippen LogP contribution in [0.3, 0.4) is 0 Å². The average Bonchev–Trinajstić information content (AvgIpc) is 2.62. The molecule has 130 valence electrons. The molecule has 3 aromatic rings. The summed E-state index contributed by atoms with van der Waals surface area (Å²) in [6, 6.07) is 7.57. The lowest BCUT2D eigenvalue weighted by molar-refractivity contribution is -0.695. The minimum Gasteiger partial charge on any atom is -0.493 e. The standard InChI is InChI=1S/C19H21N3O3/c1-5-13-7-6-12(2)22(10-13)11-18-20-15-9-17(25-4)16(24-3)8-14(15)19(23)21-18/h6-10H,5,11H2,1-4H3/p+1. The summed E-state index contributed by atoms with van der Waals surface area (Å²) in [5.74, 6) is 1.66. The molecule has 6 heteroatoms. The number of hydrogen-bond donors (Lipinski definition) is 1. The van der Waals surface area contributed by atoms with Crippen LogP contribution in [0.15, 0.2) is 35.3 Å². The van der Waals surface area contributed by atoms with E-state index in [0.29, 0.717) is 34.8 Å². The Morgan fingerprint density at radius 1 is 1.16 bits per heavy atom. The van der Waals surface area contributed by atoms with Crippen molar-refractivity contribution in [3.8, 4) is 11.5 Å². The fourth-order valence-electron chi connectivity index (χ4n) is 2.80. The zero-order chi connectivity index (χ0) is 18.0. The Kier molecular flexibility index (Phi) is 4.70. The molecule has 0 atom stereocenters. The summed E-state index contributed by atoms with van der Waals surface area (Å²) in [6.07, 6.45) is 3.05. The molecule has 3 rings (SSSR count). The Morgan fingerprint density at radius 2 is 1.88 bits per heavy atom. The van der Waals surface area contributed by atoms with Crippen molar-refractivity contribution < 1.29 is 14.0 Å². The second-order valence-corrected chi connectivity index (χ2v) is 5.90. The fourth-order valence-corrected chi connectivity index (χ4v) is 2.80. The third-order valence-corrected chi connectivity index (χ3v) is 4.30. The molecule has 0 aliphatic heterocycles. The molecule has 6 nitrogen and oxygen atoms in total. The van der Waals surface area contributed by atoms with Gasteiger partial charge in [0.15, 0.2) is 29.2 Å². The van der Waals surface area contributed by atoms with Gasteiger partial charge < -0.3 is 14.5 Å². The van der Waals surface area contributed by atoms with Gasteiger partial charge >= 0.3 is 0 Å². The van der Waals surface area contributed by atoms with E-state index in [0.717, 1.165) is 12.1 Å². The highest BCUT2D eigenvalue weighted by Gasteiger charge is 2.14. The van der Waals surface area contributed by atoms with E-state index in [2.05, 4.69) is 39.8 Å². The largest absolute Gasteiger partial charge is 0.493 e. The summed E-state index contributed by atoms with van der Waals surface area (Å²) < 4.78 is 12.7. The van der Waals surface area contributed by atoms with Crippen LogP contribution in [0.4, 0.5) is 0 Å². The number of aryl methyl sites for hydroxylation is 2. The monoisotopic (exact) mass is 340 g/mol. The fraction of sp³-hybridized carbons (Fsp3) is 0.316. The highest BCUT2D eigenvalue weighted by atomic mass is 16.5. The minimum absolute atomic E-state index is 0.189. The van der Waals surface area contributed by atoms with Crippen LogP contribution in [0.2, 0.25) is 0 Å². The highest BCUT2D eigenvalue weighted by Crippen LogP contribution is 2.29. The number of aromatic amines is 1. The lowest BCUT2D eigenvalue weighted by atomic mass is 10.2. The van der Waals surface area contributed by atoms with E-state index in [1.54, 1.807) is 26.4 Å². The summed E-state index contributed by atoms with van der Waals surface area (Å²) >= 11 is 0. The normalized spacial score (nSPS) is 10.9. The van der Waals surface area contributed by atoms with Gasteiger partial charge in [0.2, 0.25) is 6.54 Å². The number of rotatable bonds is 5. The maximum atomic E-state index is 12.5. The summed E-state index contributed by atoms with van der Waals surface area (Å²) in [6.45, 7) is 4.65. The number of fused-ring (bicyclic) bond motifs is 1. The van der Waals surface area contributed by atoms with Gasteiger partial charge in [-0.2, -0.15) is 4.57 Å². The first-order chi connectivity index (χ1) is 12.0. The van der Waals surface area contributed by atoms with Crippen LogP contribution >= 0.6 is 0 Å². The van der Waals surface area contributed by atoms with Crippen molar-refractivity contribution in [3.63, 3.8) is 0 Å². The summed E-state index contributed by atoms with van der Waals surface area (Å²) in [5, 5.41) is 0.477. The molecule has 0 spiro atoms. The van der Waals surface area contributed by atoms with Crippen LogP contribution in [0, 0.1) is 6.92 Å². The first kappa shape index (κ1) is 17.0. The summed E-state index contributed by atoms with van der Waals surface area (Å²) in [5.41, 5.74) is 2.74. The molecule has 0 aliphatic rings. The van der Waals surface area contributed by atoms with Crippen LogP contribution < -0.4 is 19.6 Å². The molecule has 0 saturated heterocycles. The van der Waals surface area contributed by atoms with E-state index in [4.69, 9.17) is 9.47 Å². The van der Waals surface area contributed by atoms with Crippen molar-refractivity contribution in [3.05, 3.63) is 57.9 Å². The molecule has 0 saturated carbocycles. The van der Waals surface area contributed by atoms with E-state index < -0.39 is 0 Å². The number of nitrogens with zero attached hydrogens (tertiary/aromatic N) is 2. The molecule has 2 aromatic heterocycles. The number of ether oxygens (including phenoxy) is 2. The third kappa shape index (κ3) is 3.33. The number of methoxy groups -OCH3 is 2. The van der Waals surface area contributed by atoms with Crippen LogP contribution in [-0.4, -0.2) is 24.2 Å². The quantitative estimate of drug-likeness (QED) is 0.723. The van der Waals surface area contributed by atoms with Gasteiger partial charge in [-0.1, -0.05) is 6.92 Å². The van der Waals surface area contributed by atoms with Crippen molar-refractivity contribution in [1.82, 2.24) is 9.97 Å². The van der Waals surface area contributed by atoms with E-state index >= 15 is 0 Å². The van der Waals surface area contributed by atoms with Gasteiger partial charge in [0, 0.05) is 24.6 Å². The zero-order valence-corrected chi connectivity index (χ0v) is 14.9. The van der Waals surface area contributed by atoms with Crippen molar-refractivity contribution >= 4 is 10.9 Å². The van der Waals surface area contributed by atoms with Crippen molar-refractivity contribution in [2.24, 2.45) is 0 Å². The summed E-state index contributed by atoms with van der Waals surface area (Å²) in [4.78, 5) is 19.9. The van der Waals surface area contributed by atoms with Gasteiger partial charge in [-0.3, -0.25) is 4.79 Å². The van der Waals surface area contributed by atoms with Gasteiger partial charge in [-0.25, -0.2) is 4.98 Å². The molecular weight excluding hydrogens is 318 g/mol. The van der Waals surface area contributed by atoms with Gasteiger partial charge in [0.05, 0.1) is 25.1 Å². The molecule has 0 aliphatic carbocycles. The number of nitrogens with one attached hydrogen (secondary N) is 1. The first-order valence-corrected chi connectivity index (χ1v) is 8.19. The van der Waals surface area contributed by atoms with Crippen molar-refractivity contribution in [2.75, 3.05) is 14.2 Å². The SMILES string of the molecule is CCc1ccc(C)[n+](Cc2nc3cc(OC)c(OC)cc3c(=O)[nH]2)c1. The average molecular weight is 340 g/mol. The predicted molar refractivity (Wildman–Crippen MR) is 95.3 cm³/mol. The predicted octanol–water partition coefficient (Wildman–Crippen LogP) is 2.15. The topological polar surface area (TPSA) is 68.1 Å². The number of pyridine rings is 1. The molecule has 1 N–H and O–H groups in total. The lowest BCUT2D eigenvalue weighted by Crippen LogP contribution is -2.39. The second kappa shape index (κ2) is 6.93. The van der Waals surface area contributed by atoms with Crippen molar-refractivity contribution in [2.45, 2.75) is 26.8 Å². The number of aromatic nitrogens is 3. The van der Waals surface area contributed by atoms with E-state index in [9.17, 15) is 4.79 Å². The van der Waals surface area contributed by atoms with Crippen LogP contribution in [0.1, 0.15) is 24.0 Å². The van der Waals surface area contributed by atoms with Gasteiger partial charge in [-0.15, -0.1) is 0 Å². The zero-order valence-electron chi connectivity index (χ0n) is 14.9. The van der Waals surface area contributed by atoms with E-state index in [-0.39, 0.29) is 5.56 Å². The Labute approximate surface area is 146 Å². The smallest absolute Gasteiger partial charge is 0.259 e. The second-order valence-electron chi connectivity index (χ2n) is 5.90. The van der Waals surface area contributed by atoms with E-state index in [1.807, 2.05) is 6.92 Å². The molecule has 0 bridgehead atoms. The maximum Gasteiger partial charge on any atom is 0.259 e. The molecule has 0 unspecified atom stereocenters. The molecule has 1 aromatic carbocycles.